The van der Waals surface area contributed by atoms with Crippen LogP contribution in [0.1, 0.15) is 28.4 Å². The lowest BCUT2D eigenvalue weighted by Gasteiger charge is -2.03. The minimum absolute atomic E-state index is 0.0886. The summed E-state index contributed by atoms with van der Waals surface area (Å²) < 4.78 is 5.07. The number of hydrogen-bond donors (Lipinski definition) is 1. The predicted octanol–water partition coefficient (Wildman–Crippen LogP) is 5.42. The summed E-state index contributed by atoms with van der Waals surface area (Å²) in [7, 11) is 0. The van der Waals surface area contributed by atoms with Gasteiger partial charge in [-0.1, -0.05) is 41.6 Å². The third-order valence-corrected chi connectivity index (χ3v) is 6.05. The molecule has 0 spiro atoms. The first-order chi connectivity index (χ1) is 14.4. The number of amides is 1. The highest BCUT2D eigenvalue weighted by atomic mass is 32.2. The second-order valence-corrected chi connectivity index (χ2v) is 8.33. The number of aliphatic imine (C=N–C) groups is 1. The van der Waals surface area contributed by atoms with E-state index in [9.17, 15) is 14.7 Å². The van der Waals surface area contributed by atoms with Crippen molar-refractivity contribution in [3.05, 3.63) is 81.5 Å². The topological polar surface area (TPSA) is 76.0 Å². The van der Waals surface area contributed by atoms with Crippen molar-refractivity contribution in [1.29, 1.82) is 0 Å². The highest BCUT2D eigenvalue weighted by Crippen LogP contribution is 2.39. The number of ether oxygens (including phenoxy) is 1. The van der Waals surface area contributed by atoms with E-state index >= 15 is 0 Å². The first-order valence-corrected chi connectivity index (χ1v) is 11.3. The molecule has 2 aromatic rings. The van der Waals surface area contributed by atoms with Crippen molar-refractivity contribution in [2.75, 3.05) is 12.9 Å². The summed E-state index contributed by atoms with van der Waals surface area (Å²) in [5, 5.41) is 10.8. The van der Waals surface area contributed by atoms with Crippen molar-refractivity contribution in [1.82, 2.24) is 0 Å². The summed E-state index contributed by atoms with van der Waals surface area (Å²) in [6, 6.07) is 14.8. The van der Waals surface area contributed by atoms with Gasteiger partial charge in [-0.25, -0.2) is 9.79 Å². The summed E-state index contributed by atoms with van der Waals surface area (Å²) >= 11 is 2.71. The molecule has 7 heteroatoms. The van der Waals surface area contributed by atoms with E-state index in [0.29, 0.717) is 10.5 Å². The van der Waals surface area contributed by atoms with E-state index in [-0.39, 0.29) is 23.0 Å². The molecule has 0 saturated carbocycles. The largest absolute Gasteiger partial charge is 0.506 e. The van der Waals surface area contributed by atoms with Gasteiger partial charge in [-0.05, 0) is 56.0 Å². The van der Waals surface area contributed by atoms with Crippen molar-refractivity contribution in [3.8, 4) is 0 Å². The van der Waals surface area contributed by atoms with Crippen LogP contribution in [0.5, 0.6) is 0 Å². The molecular formula is C23H21NO4S2. The Labute approximate surface area is 183 Å². The van der Waals surface area contributed by atoms with Gasteiger partial charge in [0.25, 0.3) is 5.91 Å². The number of aryl methyl sites for hydroxylation is 1. The Morgan fingerprint density at radius 2 is 1.80 bits per heavy atom. The van der Waals surface area contributed by atoms with Crippen molar-refractivity contribution in [2.45, 2.75) is 18.7 Å². The van der Waals surface area contributed by atoms with Crippen LogP contribution in [0.2, 0.25) is 0 Å². The molecule has 0 unspecified atom stereocenters. The fourth-order valence-corrected chi connectivity index (χ4v) is 4.12. The van der Waals surface area contributed by atoms with E-state index in [0.717, 1.165) is 27.8 Å². The van der Waals surface area contributed by atoms with Crippen LogP contribution in [0.3, 0.4) is 0 Å². The van der Waals surface area contributed by atoms with Crippen molar-refractivity contribution in [2.24, 2.45) is 4.99 Å². The van der Waals surface area contributed by atoms with Crippen LogP contribution in [0.25, 0.3) is 6.08 Å². The molecule has 5 nitrogen and oxygen atoms in total. The van der Waals surface area contributed by atoms with Crippen LogP contribution in [0, 0.1) is 6.92 Å². The molecule has 0 bridgehead atoms. The van der Waals surface area contributed by atoms with E-state index in [1.165, 1.54) is 0 Å². The highest BCUT2D eigenvalue weighted by Gasteiger charge is 2.33. The number of esters is 1. The fraction of sp³-hybridized carbons (Fsp3) is 0.174. The molecule has 1 amide bonds. The van der Waals surface area contributed by atoms with Gasteiger partial charge in [0.2, 0.25) is 0 Å². The molecule has 0 fully saturated rings. The van der Waals surface area contributed by atoms with Crippen LogP contribution >= 0.6 is 23.5 Å². The Bertz CT molecular complexity index is 1050. The molecule has 2 aromatic carbocycles. The zero-order valence-corrected chi connectivity index (χ0v) is 18.5. The SMILES string of the molecule is CCOC(=O)C1=C(O)/C(=C/c2ccc(SC)cc2)SC1=NC(=O)c1ccc(C)cc1. The Balaban J connectivity index is 1.97. The maximum absolute atomic E-state index is 12.6. The zero-order valence-electron chi connectivity index (χ0n) is 16.8. The lowest BCUT2D eigenvalue weighted by atomic mass is 10.1. The molecule has 1 aliphatic heterocycles. The first-order valence-electron chi connectivity index (χ1n) is 9.27. The van der Waals surface area contributed by atoms with E-state index in [1.807, 2.05) is 49.6 Å². The molecule has 0 saturated heterocycles. The monoisotopic (exact) mass is 439 g/mol. The quantitative estimate of drug-likeness (QED) is 0.495. The molecule has 1 heterocycles. The third kappa shape index (κ3) is 5.04. The molecule has 0 aliphatic carbocycles. The molecule has 0 aromatic heterocycles. The van der Waals surface area contributed by atoms with Gasteiger partial charge in [0.15, 0.2) is 0 Å². The molecule has 154 valence electrons. The predicted molar refractivity (Wildman–Crippen MR) is 123 cm³/mol. The standard InChI is InChI=1S/C23H21NO4S2/c1-4-28-23(27)19-20(25)18(13-15-7-11-17(29-3)12-8-15)30-22(19)24-21(26)16-9-5-14(2)6-10-16/h5-13,25H,4H2,1-3H3/b18-13-,24-22?. The number of benzene rings is 2. The minimum Gasteiger partial charge on any atom is -0.506 e. The van der Waals surface area contributed by atoms with Crippen molar-refractivity contribution in [3.63, 3.8) is 0 Å². The van der Waals surface area contributed by atoms with Gasteiger partial charge in [-0.15, -0.1) is 11.8 Å². The average molecular weight is 440 g/mol. The summed E-state index contributed by atoms with van der Waals surface area (Å²) in [5.74, 6) is -1.43. The fourth-order valence-electron chi connectivity index (χ4n) is 2.70. The van der Waals surface area contributed by atoms with Crippen molar-refractivity contribution >= 4 is 46.5 Å². The highest BCUT2D eigenvalue weighted by molar-refractivity contribution is 8.18. The Morgan fingerprint density at radius 3 is 2.40 bits per heavy atom. The van der Waals surface area contributed by atoms with Crippen LogP contribution in [0.4, 0.5) is 0 Å². The number of carbonyl (C=O) groups excluding carboxylic acids is 2. The first kappa shape index (κ1) is 21.9. The number of hydrogen-bond acceptors (Lipinski definition) is 6. The van der Waals surface area contributed by atoms with Gasteiger partial charge in [0.1, 0.15) is 16.4 Å². The Morgan fingerprint density at radius 1 is 1.13 bits per heavy atom. The minimum atomic E-state index is -0.709. The normalized spacial score (nSPS) is 16.4. The lowest BCUT2D eigenvalue weighted by Crippen LogP contribution is -2.14. The maximum atomic E-state index is 12.6. The van der Waals surface area contributed by atoms with E-state index in [4.69, 9.17) is 4.74 Å². The van der Waals surface area contributed by atoms with E-state index in [2.05, 4.69) is 4.99 Å². The summed E-state index contributed by atoms with van der Waals surface area (Å²) in [6.07, 6.45) is 3.75. The molecule has 1 N–H and O–H groups in total. The van der Waals surface area contributed by atoms with Crippen LogP contribution in [-0.2, 0) is 9.53 Å². The van der Waals surface area contributed by atoms with E-state index in [1.54, 1.807) is 36.9 Å². The Kier molecular flexibility index (Phi) is 7.18. The van der Waals surface area contributed by atoms with Gasteiger partial charge in [0.05, 0.1) is 11.5 Å². The number of carbonyl (C=O) groups is 2. The molecule has 0 atom stereocenters. The Hall–Kier alpha value is -2.77. The smallest absolute Gasteiger partial charge is 0.344 e. The molecule has 3 rings (SSSR count). The number of aliphatic hydroxyl groups excluding tert-OH is 1. The summed E-state index contributed by atoms with van der Waals surface area (Å²) in [4.78, 5) is 30.7. The molecule has 0 radical (unpaired) electrons. The zero-order chi connectivity index (χ0) is 21.7. The van der Waals surface area contributed by atoms with Crippen LogP contribution in [0.15, 0.2) is 74.7 Å². The lowest BCUT2D eigenvalue weighted by molar-refractivity contribution is -0.138. The average Bonchev–Trinajstić information content (AvgIpc) is 3.04. The van der Waals surface area contributed by atoms with Crippen LogP contribution in [-0.4, -0.2) is 34.9 Å². The number of rotatable bonds is 5. The molecule has 1 aliphatic rings. The number of aliphatic hydroxyl groups is 1. The van der Waals surface area contributed by atoms with E-state index < -0.39 is 11.9 Å². The molecule has 30 heavy (non-hydrogen) atoms. The number of thioether (sulfide) groups is 2. The third-order valence-electron chi connectivity index (χ3n) is 4.29. The number of nitrogens with zero attached hydrogens (tertiary/aromatic N) is 1. The van der Waals surface area contributed by atoms with Gasteiger partial charge in [-0.2, -0.15) is 0 Å². The van der Waals surface area contributed by atoms with Gasteiger partial charge >= 0.3 is 5.97 Å². The second kappa shape index (κ2) is 9.82. The molecular weight excluding hydrogens is 418 g/mol. The van der Waals surface area contributed by atoms with Crippen LogP contribution < -0.4 is 0 Å². The van der Waals surface area contributed by atoms with Gasteiger partial charge in [-0.3, -0.25) is 4.79 Å². The summed E-state index contributed by atoms with van der Waals surface area (Å²) in [5.41, 5.74) is 2.20. The maximum Gasteiger partial charge on any atom is 0.344 e. The van der Waals surface area contributed by atoms with Gasteiger partial charge in [0, 0.05) is 10.5 Å². The summed E-state index contributed by atoms with van der Waals surface area (Å²) in [6.45, 7) is 3.75. The van der Waals surface area contributed by atoms with Gasteiger partial charge < -0.3 is 9.84 Å². The second-order valence-electron chi connectivity index (χ2n) is 6.42. The van der Waals surface area contributed by atoms with Crippen molar-refractivity contribution < 1.29 is 19.4 Å².